The minimum absolute atomic E-state index is 0.202. The Kier molecular flexibility index (Phi) is 5.50. The second-order valence-corrected chi connectivity index (χ2v) is 7.78. The van der Waals surface area contributed by atoms with Gasteiger partial charge >= 0.3 is 12.0 Å². The van der Waals surface area contributed by atoms with Crippen molar-refractivity contribution in [2.75, 3.05) is 11.2 Å². The van der Waals surface area contributed by atoms with Gasteiger partial charge in [0.05, 0.1) is 10.6 Å². The van der Waals surface area contributed by atoms with Gasteiger partial charge < -0.3 is 10.0 Å². The highest BCUT2D eigenvalue weighted by atomic mass is 32.2. The van der Waals surface area contributed by atoms with Gasteiger partial charge in [0.1, 0.15) is 17.1 Å². The molecule has 30 heavy (non-hydrogen) atoms. The topological polar surface area (TPSA) is 90.8 Å². The normalized spacial score (nSPS) is 15.8. The molecule has 7 nitrogen and oxygen atoms in total. The smallest absolute Gasteiger partial charge is 0.354 e. The average molecular weight is 439 g/mol. The van der Waals surface area contributed by atoms with E-state index in [1.54, 1.807) is 0 Å². The summed E-state index contributed by atoms with van der Waals surface area (Å²) in [4.78, 5) is 41.5. The number of carbonyl (C=O) groups excluding carboxylic acids is 2. The van der Waals surface area contributed by atoms with E-state index >= 15 is 0 Å². The maximum atomic E-state index is 14.6. The summed E-state index contributed by atoms with van der Waals surface area (Å²) in [5, 5.41) is 9.06. The number of imide groups is 1. The molecule has 0 atom stereocenters. The van der Waals surface area contributed by atoms with Crippen LogP contribution in [0.3, 0.4) is 0 Å². The van der Waals surface area contributed by atoms with Crippen molar-refractivity contribution >= 4 is 35.4 Å². The van der Waals surface area contributed by atoms with Gasteiger partial charge in [0.15, 0.2) is 11.6 Å². The van der Waals surface area contributed by atoms with Gasteiger partial charge in [0, 0.05) is 18.8 Å². The van der Waals surface area contributed by atoms with Crippen LogP contribution in [0.5, 0.6) is 0 Å². The zero-order valence-corrected chi connectivity index (χ0v) is 16.9. The molecular weight excluding hydrogens is 423 g/mol. The predicted octanol–water partition coefficient (Wildman–Crippen LogP) is 3.67. The number of rotatable bonds is 5. The summed E-state index contributed by atoms with van der Waals surface area (Å²) in [6.07, 6.45) is 2.59. The van der Waals surface area contributed by atoms with E-state index in [-0.39, 0.29) is 12.2 Å². The highest BCUT2D eigenvalue weighted by molar-refractivity contribution is 7.98. The summed E-state index contributed by atoms with van der Waals surface area (Å²) in [7, 11) is 0. The van der Waals surface area contributed by atoms with Gasteiger partial charge in [0.25, 0.3) is 5.91 Å². The Morgan fingerprint density at radius 2 is 1.87 bits per heavy atom. The number of carboxylic acids is 1. The molecule has 0 radical (unpaired) electrons. The molecule has 0 aliphatic carbocycles. The second-order valence-electron chi connectivity index (χ2n) is 6.96. The van der Waals surface area contributed by atoms with Crippen molar-refractivity contribution in [1.29, 1.82) is 0 Å². The maximum absolute atomic E-state index is 14.6. The summed E-state index contributed by atoms with van der Waals surface area (Å²) in [6.45, 7) is 2.59. The zero-order valence-electron chi connectivity index (χ0n) is 16.1. The number of amides is 3. The van der Waals surface area contributed by atoms with E-state index in [0.29, 0.717) is 28.3 Å². The molecule has 3 amide bonds. The lowest BCUT2D eigenvalue weighted by Gasteiger charge is -2.27. The van der Waals surface area contributed by atoms with Gasteiger partial charge in [-0.3, -0.25) is 4.79 Å². The maximum Gasteiger partial charge on any atom is 0.354 e. The number of urea groups is 1. The number of benzene rings is 1. The molecule has 0 unspecified atom stereocenters. The van der Waals surface area contributed by atoms with Gasteiger partial charge in [0.2, 0.25) is 0 Å². The fraction of sp³-hybridized carbons (Fsp3) is 0.263. The van der Waals surface area contributed by atoms with E-state index in [9.17, 15) is 27.6 Å². The lowest BCUT2D eigenvalue weighted by Crippen LogP contribution is -2.43. The number of halogens is 3. The van der Waals surface area contributed by atoms with Gasteiger partial charge in [-0.25, -0.2) is 32.6 Å². The Balaban J connectivity index is 2.03. The van der Waals surface area contributed by atoms with Gasteiger partial charge in [-0.2, -0.15) is 0 Å². The van der Waals surface area contributed by atoms with Crippen LogP contribution in [-0.2, 0) is 11.3 Å². The highest BCUT2D eigenvalue weighted by Gasteiger charge is 2.52. The Hall–Kier alpha value is -3.08. The molecule has 11 heteroatoms. The molecule has 1 aliphatic rings. The Morgan fingerprint density at radius 3 is 2.47 bits per heavy atom. The number of hydrogen-bond acceptors (Lipinski definition) is 5. The van der Waals surface area contributed by atoms with Crippen molar-refractivity contribution in [2.45, 2.75) is 30.8 Å². The van der Waals surface area contributed by atoms with E-state index in [2.05, 4.69) is 4.98 Å². The summed E-state index contributed by atoms with van der Waals surface area (Å²) in [5.41, 5.74) is -2.22. The summed E-state index contributed by atoms with van der Waals surface area (Å²) < 4.78 is 43.0. The Bertz CT molecular complexity index is 1080. The number of carboxylic acid groups (broad SMARTS) is 1. The van der Waals surface area contributed by atoms with Crippen LogP contribution in [0.25, 0.3) is 0 Å². The number of anilines is 1. The third-order valence-electron chi connectivity index (χ3n) is 4.75. The monoisotopic (exact) mass is 439 g/mol. The SMILES string of the molecule is CSc1c(F)cc(N2C(=O)N(Cc3ccnc(C(=O)O)c3)C(C)(C)C2=O)c(F)c1F. The van der Waals surface area contributed by atoms with Crippen molar-refractivity contribution in [3.05, 3.63) is 53.1 Å². The minimum atomic E-state index is -1.52. The van der Waals surface area contributed by atoms with Crippen LogP contribution in [0.15, 0.2) is 29.3 Å². The lowest BCUT2D eigenvalue weighted by atomic mass is 10.0. The molecule has 2 aromatic rings. The fourth-order valence-corrected chi connectivity index (χ4v) is 3.62. The molecule has 158 valence electrons. The third kappa shape index (κ3) is 3.38. The Labute approximate surface area is 173 Å². The largest absolute Gasteiger partial charge is 0.477 e. The first-order valence-electron chi connectivity index (χ1n) is 8.56. The second kappa shape index (κ2) is 7.63. The van der Waals surface area contributed by atoms with Gasteiger partial charge in [-0.15, -0.1) is 11.8 Å². The lowest BCUT2D eigenvalue weighted by molar-refractivity contribution is -0.123. The molecule has 3 rings (SSSR count). The molecule has 0 spiro atoms. The molecule has 0 saturated carbocycles. The number of aromatic carboxylic acids is 1. The van der Waals surface area contributed by atoms with Crippen LogP contribution < -0.4 is 4.90 Å². The minimum Gasteiger partial charge on any atom is -0.477 e. The molecule has 2 heterocycles. The molecule has 1 aromatic carbocycles. The molecule has 0 bridgehead atoms. The molecule has 1 aromatic heterocycles. The van der Waals surface area contributed by atoms with Crippen molar-refractivity contribution in [2.24, 2.45) is 0 Å². The van der Waals surface area contributed by atoms with E-state index < -0.39 is 51.5 Å². The third-order valence-corrected chi connectivity index (χ3v) is 5.53. The summed E-state index contributed by atoms with van der Waals surface area (Å²) >= 11 is 0.652. The van der Waals surface area contributed by atoms with Crippen LogP contribution in [0.4, 0.5) is 23.7 Å². The number of aromatic nitrogens is 1. The van der Waals surface area contributed by atoms with Crippen LogP contribution in [-0.4, -0.2) is 44.7 Å². The number of pyridine rings is 1. The number of thioether (sulfide) groups is 1. The van der Waals surface area contributed by atoms with Crippen LogP contribution in [0, 0.1) is 17.5 Å². The van der Waals surface area contributed by atoms with Crippen LogP contribution in [0.1, 0.15) is 29.9 Å². The molecule has 1 N–H and O–H groups in total. The first-order chi connectivity index (χ1) is 14.0. The van der Waals surface area contributed by atoms with E-state index in [4.69, 9.17) is 5.11 Å². The van der Waals surface area contributed by atoms with Crippen LogP contribution in [0.2, 0.25) is 0 Å². The van der Waals surface area contributed by atoms with Crippen molar-refractivity contribution < 1.29 is 32.7 Å². The van der Waals surface area contributed by atoms with E-state index in [0.717, 1.165) is 4.90 Å². The predicted molar refractivity (Wildman–Crippen MR) is 102 cm³/mol. The van der Waals surface area contributed by atoms with Gasteiger partial charge in [-0.1, -0.05) is 0 Å². The molecule has 1 saturated heterocycles. The van der Waals surface area contributed by atoms with E-state index in [1.807, 2.05) is 0 Å². The number of hydrogen-bond donors (Lipinski definition) is 1. The first kappa shape index (κ1) is 21.6. The van der Waals surface area contributed by atoms with E-state index in [1.165, 1.54) is 38.4 Å². The Morgan fingerprint density at radius 1 is 1.20 bits per heavy atom. The average Bonchev–Trinajstić information content (AvgIpc) is 2.85. The molecule has 1 aliphatic heterocycles. The molecular formula is C19H16F3N3O4S. The standard InChI is InChI=1S/C19H16F3N3O4S/c1-19(2)17(28)25(12-7-10(20)15(30-3)14(22)13(12)21)18(29)24(19)8-9-4-5-23-11(6-9)16(26)27/h4-7H,8H2,1-3H3,(H,26,27). The summed E-state index contributed by atoms with van der Waals surface area (Å²) in [6, 6.07) is 2.30. The first-order valence-corrected chi connectivity index (χ1v) is 9.79. The van der Waals surface area contributed by atoms with Crippen LogP contribution >= 0.6 is 11.8 Å². The summed E-state index contributed by atoms with van der Waals surface area (Å²) in [5.74, 6) is -6.27. The van der Waals surface area contributed by atoms with Crippen molar-refractivity contribution in [1.82, 2.24) is 9.88 Å². The quantitative estimate of drug-likeness (QED) is 0.434. The van der Waals surface area contributed by atoms with Gasteiger partial charge in [-0.05, 0) is 37.8 Å². The van der Waals surface area contributed by atoms with Crippen molar-refractivity contribution in [3.63, 3.8) is 0 Å². The van der Waals surface area contributed by atoms with Crippen molar-refractivity contribution in [3.8, 4) is 0 Å². The fourth-order valence-electron chi connectivity index (χ4n) is 3.10. The zero-order chi connectivity index (χ0) is 22.4. The number of nitrogens with zero attached hydrogens (tertiary/aromatic N) is 3. The highest BCUT2D eigenvalue weighted by Crippen LogP contribution is 2.38. The molecule has 1 fully saturated rings. The number of carbonyl (C=O) groups is 3.